The number of allylic oxidation sites excluding steroid dienone is 4. The van der Waals surface area contributed by atoms with Crippen molar-refractivity contribution in [1.29, 1.82) is 0 Å². The Labute approximate surface area is 203 Å². The predicted octanol–water partition coefficient (Wildman–Crippen LogP) is 9.50. The second-order valence-corrected chi connectivity index (χ2v) is 10.4. The molecule has 0 atom stereocenters. The zero-order valence-electron chi connectivity index (χ0n) is 20.2. The maximum atomic E-state index is 15.0. The van der Waals surface area contributed by atoms with Crippen molar-refractivity contribution >= 4 is 0 Å². The summed E-state index contributed by atoms with van der Waals surface area (Å²) in [6.45, 7) is 2.05. The van der Waals surface area contributed by atoms with E-state index >= 15 is 0 Å². The molecule has 0 unspecified atom stereocenters. The SMILES string of the molecule is CCCC1CCC(C2=CC=C(OC(F)(F)c3ccc(C4CCCCC4)cc3)C(F)(F)C2(F)F)CC1. The summed E-state index contributed by atoms with van der Waals surface area (Å²) >= 11 is 0. The fraction of sp³-hybridized carbons (Fsp3) is 0.643. The van der Waals surface area contributed by atoms with Crippen molar-refractivity contribution in [2.24, 2.45) is 11.8 Å². The van der Waals surface area contributed by atoms with E-state index in [1.807, 2.05) is 0 Å². The van der Waals surface area contributed by atoms with Crippen LogP contribution < -0.4 is 0 Å². The third kappa shape index (κ3) is 5.29. The molecule has 3 aliphatic rings. The molecule has 0 radical (unpaired) electrons. The highest BCUT2D eigenvalue weighted by Crippen LogP contribution is 2.53. The molecule has 1 aromatic rings. The summed E-state index contributed by atoms with van der Waals surface area (Å²) < 4.78 is 93.7. The Kier molecular flexibility index (Phi) is 7.63. The second-order valence-electron chi connectivity index (χ2n) is 10.4. The minimum Gasteiger partial charge on any atom is -0.427 e. The van der Waals surface area contributed by atoms with E-state index in [0.29, 0.717) is 37.7 Å². The van der Waals surface area contributed by atoms with Crippen LogP contribution in [0, 0.1) is 11.8 Å². The average Bonchev–Trinajstić information content (AvgIpc) is 2.84. The van der Waals surface area contributed by atoms with Crippen LogP contribution in [0.3, 0.4) is 0 Å². The van der Waals surface area contributed by atoms with Crippen LogP contribution >= 0.6 is 0 Å². The second kappa shape index (κ2) is 10.2. The summed E-state index contributed by atoms with van der Waals surface area (Å²) in [6, 6.07) is 5.38. The maximum Gasteiger partial charge on any atom is 0.426 e. The van der Waals surface area contributed by atoms with Gasteiger partial charge in [0.15, 0.2) is 5.76 Å². The Morgan fingerprint density at radius 2 is 1.43 bits per heavy atom. The number of halogens is 6. The fourth-order valence-electron chi connectivity index (χ4n) is 5.95. The van der Waals surface area contributed by atoms with Gasteiger partial charge in [0.2, 0.25) is 0 Å². The maximum absolute atomic E-state index is 15.0. The first kappa shape index (κ1) is 26.2. The summed E-state index contributed by atoms with van der Waals surface area (Å²) in [5.41, 5.74) is -0.398. The molecule has 0 aliphatic heterocycles. The Morgan fingerprint density at radius 3 is 2.03 bits per heavy atom. The number of alkyl halides is 6. The molecular formula is C28H34F6O. The molecule has 0 N–H and O–H groups in total. The molecule has 0 aromatic heterocycles. The van der Waals surface area contributed by atoms with Crippen LogP contribution in [0.2, 0.25) is 0 Å². The lowest BCUT2D eigenvalue weighted by molar-refractivity contribution is -0.268. The molecule has 0 spiro atoms. The van der Waals surface area contributed by atoms with Gasteiger partial charge in [-0.05, 0) is 80.1 Å². The molecule has 0 saturated heterocycles. The highest BCUT2D eigenvalue weighted by atomic mass is 19.3. The standard InChI is InChI=1S/C28H34F6O/c1-2-6-19-9-11-22(12-10-19)24-17-18-25(27(31,32)26(24,29)30)35-28(33,34)23-15-13-21(14-16-23)20-7-4-3-5-8-20/h13-20,22H,2-12H2,1H3. The summed E-state index contributed by atoms with van der Waals surface area (Å²) in [5, 5.41) is 0. The molecule has 0 bridgehead atoms. The van der Waals surface area contributed by atoms with Crippen LogP contribution in [-0.2, 0) is 10.8 Å². The van der Waals surface area contributed by atoms with Gasteiger partial charge in [-0.15, -0.1) is 0 Å². The van der Waals surface area contributed by atoms with Crippen molar-refractivity contribution in [3.63, 3.8) is 0 Å². The quantitative estimate of drug-likeness (QED) is 0.339. The number of ether oxygens (including phenoxy) is 1. The van der Waals surface area contributed by atoms with Gasteiger partial charge in [0.25, 0.3) is 0 Å². The van der Waals surface area contributed by atoms with Crippen LogP contribution in [0.4, 0.5) is 26.3 Å². The lowest BCUT2D eigenvalue weighted by atomic mass is 9.73. The van der Waals surface area contributed by atoms with Crippen molar-refractivity contribution in [3.8, 4) is 0 Å². The molecular weight excluding hydrogens is 466 g/mol. The van der Waals surface area contributed by atoms with Gasteiger partial charge in [0.1, 0.15) is 0 Å². The van der Waals surface area contributed by atoms with E-state index < -0.39 is 40.8 Å². The summed E-state index contributed by atoms with van der Waals surface area (Å²) in [7, 11) is 0. The number of rotatable bonds is 7. The molecule has 194 valence electrons. The van der Waals surface area contributed by atoms with E-state index in [0.717, 1.165) is 68.7 Å². The van der Waals surface area contributed by atoms with Gasteiger partial charge in [0.05, 0.1) is 5.56 Å². The van der Waals surface area contributed by atoms with E-state index in [-0.39, 0.29) is 5.92 Å². The third-order valence-electron chi connectivity index (χ3n) is 8.03. The van der Waals surface area contributed by atoms with Crippen molar-refractivity contribution in [2.75, 3.05) is 0 Å². The van der Waals surface area contributed by atoms with Gasteiger partial charge in [0, 0.05) is 5.57 Å². The van der Waals surface area contributed by atoms with Gasteiger partial charge in [-0.1, -0.05) is 57.2 Å². The minimum absolute atomic E-state index is 0.289. The van der Waals surface area contributed by atoms with Crippen LogP contribution in [0.1, 0.15) is 94.6 Å². The molecule has 0 heterocycles. The number of hydrogen-bond acceptors (Lipinski definition) is 1. The van der Waals surface area contributed by atoms with Crippen LogP contribution in [0.5, 0.6) is 0 Å². The normalized spacial score (nSPS) is 27.2. The lowest BCUT2D eigenvalue weighted by Gasteiger charge is -2.39. The first-order chi connectivity index (χ1) is 16.6. The lowest BCUT2D eigenvalue weighted by Crippen LogP contribution is -2.48. The highest BCUT2D eigenvalue weighted by molar-refractivity contribution is 5.37. The molecule has 1 nitrogen and oxygen atoms in total. The smallest absolute Gasteiger partial charge is 0.426 e. The van der Waals surface area contributed by atoms with E-state index in [1.165, 1.54) is 0 Å². The van der Waals surface area contributed by atoms with Crippen LogP contribution in [0.25, 0.3) is 0 Å². The van der Waals surface area contributed by atoms with E-state index in [4.69, 9.17) is 0 Å². The Balaban J connectivity index is 1.50. The zero-order valence-corrected chi connectivity index (χ0v) is 20.2. The van der Waals surface area contributed by atoms with Gasteiger partial charge in [-0.25, -0.2) is 0 Å². The van der Waals surface area contributed by atoms with Crippen molar-refractivity contribution < 1.29 is 31.1 Å². The third-order valence-corrected chi connectivity index (χ3v) is 8.03. The van der Waals surface area contributed by atoms with E-state index in [1.54, 1.807) is 12.1 Å². The summed E-state index contributed by atoms with van der Waals surface area (Å²) in [5.74, 6) is -11.1. The Bertz CT molecular complexity index is 919. The van der Waals surface area contributed by atoms with Crippen LogP contribution in [-0.4, -0.2) is 11.8 Å². The highest BCUT2D eigenvalue weighted by Gasteiger charge is 2.65. The Hall–Kier alpha value is -1.92. The molecule has 7 heteroatoms. The first-order valence-electron chi connectivity index (χ1n) is 12.9. The molecule has 35 heavy (non-hydrogen) atoms. The topological polar surface area (TPSA) is 9.23 Å². The molecule has 2 fully saturated rings. The minimum atomic E-state index is -4.86. The van der Waals surface area contributed by atoms with Gasteiger partial charge in [-0.2, -0.15) is 26.3 Å². The molecule has 0 amide bonds. The zero-order chi connectivity index (χ0) is 25.3. The number of benzene rings is 1. The Morgan fingerprint density at radius 1 is 0.800 bits per heavy atom. The van der Waals surface area contributed by atoms with Crippen molar-refractivity contribution in [3.05, 3.63) is 58.9 Å². The molecule has 1 aromatic carbocycles. The van der Waals surface area contributed by atoms with Gasteiger partial charge >= 0.3 is 18.0 Å². The molecule has 3 aliphatic carbocycles. The van der Waals surface area contributed by atoms with Gasteiger partial charge in [-0.3, -0.25) is 0 Å². The fourth-order valence-corrected chi connectivity index (χ4v) is 5.95. The summed E-state index contributed by atoms with van der Waals surface area (Å²) in [6.07, 6.45) is 6.80. The van der Waals surface area contributed by atoms with Crippen molar-refractivity contribution in [2.45, 2.75) is 101 Å². The van der Waals surface area contributed by atoms with E-state index in [2.05, 4.69) is 11.7 Å². The van der Waals surface area contributed by atoms with Crippen LogP contribution in [0.15, 0.2) is 47.7 Å². The predicted molar refractivity (Wildman–Crippen MR) is 124 cm³/mol. The number of hydrogen-bond donors (Lipinski definition) is 0. The molecule has 2 saturated carbocycles. The van der Waals surface area contributed by atoms with Gasteiger partial charge < -0.3 is 4.74 Å². The van der Waals surface area contributed by atoms with Crippen molar-refractivity contribution in [1.82, 2.24) is 0 Å². The first-order valence-corrected chi connectivity index (χ1v) is 12.9. The van der Waals surface area contributed by atoms with E-state index in [9.17, 15) is 26.3 Å². The summed E-state index contributed by atoms with van der Waals surface area (Å²) in [4.78, 5) is 0. The monoisotopic (exact) mass is 500 g/mol. The molecule has 4 rings (SSSR count). The largest absolute Gasteiger partial charge is 0.427 e. The average molecular weight is 501 g/mol.